The number of halogens is 4. The van der Waals surface area contributed by atoms with Gasteiger partial charge in [0.15, 0.2) is 16.4 Å². The Morgan fingerprint density at radius 2 is 2.09 bits per heavy atom. The van der Waals surface area contributed by atoms with Crippen LogP contribution in [0.25, 0.3) is 0 Å². The molecule has 128 valence electrons. The monoisotopic (exact) mass is 371 g/mol. The fourth-order valence-corrected chi connectivity index (χ4v) is 4.49. The minimum atomic E-state index is -4.50. The summed E-state index contributed by atoms with van der Waals surface area (Å²) >= 11 is 5.89. The van der Waals surface area contributed by atoms with Gasteiger partial charge in [-0.05, 0) is 18.6 Å². The maximum absolute atomic E-state index is 12.5. The highest BCUT2D eigenvalue weighted by Crippen LogP contribution is 2.32. The molecule has 1 atom stereocenters. The number of hydrogen-bond donors (Lipinski definition) is 0. The van der Waals surface area contributed by atoms with Gasteiger partial charge < -0.3 is 9.64 Å². The molecule has 0 spiro atoms. The Kier molecular flexibility index (Phi) is 5.10. The van der Waals surface area contributed by atoms with Gasteiger partial charge in [-0.15, -0.1) is 0 Å². The molecule has 10 heteroatoms. The Hall–Kier alpha value is -1.48. The number of amides is 1. The third-order valence-corrected chi connectivity index (χ3v) is 6.03. The zero-order chi connectivity index (χ0) is 17.3. The molecule has 0 saturated carbocycles. The molecule has 0 aromatic heterocycles. The summed E-state index contributed by atoms with van der Waals surface area (Å²) < 4.78 is 65.8. The van der Waals surface area contributed by atoms with Crippen molar-refractivity contribution < 1.29 is 31.1 Å². The number of alkyl halides is 3. The SMILES string of the molecule is O=CN1CC[C@@H](S(=O)(=O)c2ccc(OCC(F)(F)F)cc2Cl)C1. The summed E-state index contributed by atoms with van der Waals surface area (Å²) in [6.07, 6.45) is -3.64. The predicted molar refractivity (Wildman–Crippen MR) is 76.2 cm³/mol. The Morgan fingerprint density at radius 1 is 1.39 bits per heavy atom. The van der Waals surface area contributed by atoms with Crippen LogP contribution in [0.1, 0.15) is 6.42 Å². The van der Waals surface area contributed by atoms with E-state index in [2.05, 4.69) is 4.74 Å². The molecule has 0 bridgehead atoms. The maximum Gasteiger partial charge on any atom is 0.422 e. The lowest BCUT2D eigenvalue weighted by Crippen LogP contribution is -2.26. The molecule has 1 aliphatic rings. The van der Waals surface area contributed by atoms with E-state index in [1.54, 1.807) is 0 Å². The second kappa shape index (κ2) is 6.56. The van der Waals surface area contributed by atoms with E-state index in [1.807, 2.05) is 0 Å². The molecule has 1 heterocycles. The van der Waals surface area contributed by atoms with E-state index in [0.717, 1.165) is 18.2 Å². The van der Waals surface area contributed by atoms with Crippen LogP contribution in [0.15, 0.2) is 23.1 Å². The van der Waals surface area contributed by atoms with Crippen LogP contribution in [0.2, 0.25) is 5.02 Å². The van der Waals surface area contributed by atoms with E-state index in [9.17, 15) is 26.4 Å². The summed E-state index contributed by atoms with van der Waals surface area (Å²) in [5.74, 6) is -0.174. The Bertz CT molecular complexity index is 693. The third-order valence-electron chi connectivity index (χ3n) is 3.38. The lowest BCUT2D eigenvalue weighted by Gasteiger charge is -2.14. The van der Waals surface area contributed by atoms with Crippen molar-refractivity contribution >= 4 is 27.8 Å². The molecule has 5 nitrogen and oxygen atoms in total. The van der Waals surface area contributed by atoms with Crippen molar-refractivity contribution in [2.45, 2.75) is 22.7 Å². The fraction of sp³-hybridized carbons (Fsp3) is 0.462. The molecule has 2 rings (SSSR count). The average molecular weight is 372 g/mol. The highest BCUT2D eigenvalue weighted by molar-refractivity contribution is 7.92. The molecule has 1 amide bonds. The van der Waals surface area contributed by atoms with E-state index in [-0.39, 0.29) is 28.6 Å². The molecular formula is C13H13ClF3NO4S. The standard InChI is InChI=1S/C13H13ClF3NO4S/c14-11-5-9(22-7-13(15,16)17)1-2-12(11)23(20,21)10-3-4-18(6-10)8-19/h1-2,5,8,10H,3-4,6-7H2/t10-/m1/s1. The van der Waals surface area contributed by atoms with Crippen LogP contribution in [-0.2, 0) is 14.6 Å². The van der Waals surface area contributed by atoms with Crippen LogP contribution in [0.4, 0.5) is 13.2 Å². The number of hydrogen-bond acceptors (Lipinski definition) is 4. The number of carbonyl (C=O) groups is 1. The minimum Gasteiger partial charge on any atom is -0.484 e. The lowest BCUT2D eigenvalue weighted by molar-refractivity contribution is -0.153. The molecule has 0 N–H and O–H groups in total. The summed E-state index contributed by atoms with van der Waals surface area (Å²) in [5.41, 5.74) is 0. The molecule has 0 radical (unpaired) electrons. The van der Waals surface area contributed by atoms with Crippen LogP contribution >= 0.6 is 11.6 Å². The predicted octanol–water partition coefficient (Wildman–Crippen LogP) is 2.29. The van der Waals surface area contributed by atoms with Crippen LogP contribution in [0.3, 0.4) is 0 Å². The van der Waals surface area contributed by atoms with Gasteiger partial charge in [0.05, 0.1) is 15.2 Å². The first kappa shape index (κ1) is 17.9. The van der Waals surface area contributed by atoms with Crippen molar-refractivity contribution in [1.82, 2.24) is 4.90 Å². The van der Waals surface area contributed by atoms with Crippen LogP contribution in [0, 0.1) is 0 Å². The smallest absolute Gasteiger partial charge is 0.422 e. The zero-order valence-electron chi connectivity index (χ0n) is 11.7. The van der Waals surface area contributed by atoms with E-state index in [0.29, 0.717) is 13.0 Å². The number of likely N-dealkylation sites (tertiary alicyclic amines) is 1. The topological polar surface area (TPSA) is 63.7 Å². The van der Waals surface area contributed by atoms with Gasteiger partial charge in [-0.2, -0.15) is 13.2 Å². The highest BCUT2D eigenvalue weighted by atomic mass is 35.5. The van der Waals surface area contributed by atoms with Gasteiger partial charge in [0, 0.05) is 19.2 Å². The van der Waals surface area contributed by atoms with Crippen molar-refractivity contribution in [3.8, 4) is 5.75 Å². The summed E-state index contributed by atoms with van der Waals surface area (Å²) in [7, 11) is -3.78. The van der Waals surface area contributed by atoms with Gasteiger partial charge in [-0.25, -0.2) is 8.42 Å². The number of nitrogens with zero attached hydrogens (tertiary/aromatic N) is 1. The van der Waals surface area contributed by atoms with Crippen molar-refractivity contribution in [1.29, 1.82) is 0 Å². The molecule has 0 aliphatic carbocycles. The van der Waals surface area contributed by atoms with Crippen molar-refractivity contribution in [3.63, 3.8) is 0 Å². The van der Waals surface area contributed by atoms with Gasteiger partial charge in [0.1, 0.15) is 5.75 Å². The van der Waals surface area contributed by atoms with Gasteiger partial charge in [0.25, 0.3) is 0 Å². The molecule has 1 saturated heterocycles. The quantitative estimate of drug-likeness (QED) is 0.745. The van der Waals surface area contributed by atoms with Gasteiger partial charge in [-0.1, -0.05) is 11.6 Å². The Morgan fingerprint density at radius 3 is 2.61 bits per heavy atom. The Labute approximate surface area is 135 Å². The van der Waals surface area contributed by atoms with E-state index < -0.39 is 27.9 Å². The van der Waals surface area contributed by atoms with E-state index in [4.69, 9.17) is 11.6 Å². The van der Waals surface area contributed by atoms with E-state index in [1.165, 1.54) is 4.90 Å². The number of benzene rings is 1. The van der Waals surface area contributed by atoms with Crippen molar-refractivity contribution in [3.05, 3.63) is 23.2 Å². The maximum atomic E-state index is 12.5. The first-order chi connectivity index (χ1) is 10.6. The van der Waals surface area contributed by atoms with Crippen LogP contribution < -0.4 is 4.74 Å². The first-order valence-electron chi connectivity index (χ1n) is 6.56. The number of ether oxygens (including phenoxy) is 1. The minimum absolute atomic E-state index is 0.0640. The summed E-state index contributed by atoms with van der Waals surface area (Å²) in [5, 5.41) is -0.999. The molecule has 0 unspecified atom stereocenters. The summed E-state index contributed by atoms with van der Waals surface area (Å²) in [4.78, 5) is 11.8. The Balaban J connectivity index is 2.18. The molecular weight excluding hydrogens is 359 g/mol. The second-order valence-corrected chi connectivity index (χ2v) is 7.66. The van der Waals surface area contributed by atoms with Crippen LogP contribution in [-0.4, -0.2) is 50.9 Å². The van der Waals surface area contributed by atoms with Crippen LogP contribution in [0.5, 0.6) is 5.75 Å². The van der Waals surface area contributed by atoms with Gasteiger partial charge in [0.2, 0.25) is 6.41 Å². The van der Waals surface area contributed by atoms with Gasteiger partial charge >= 0.3 is 6.18 Å². The average Bonchev–Trinajstić information content (AvgIpc) is 2.94. The number of sulfone groups is 1. The lowest BCUT2D eigenvalue weighted by atomic mass is 10.3. The first-order valence-corrected chi connectivity index (χ1v) is 8.48. The largest absolute Gasteiger partial charge is 0.484 e. The van der Waals surface area contributed by atoms with Gasteiger partial charge in [-0.3, -0.25) is 4.79 Å². The summed E-state index contributed by atoms with van der Waals surface area (Å²) in [6, 6.07) is 3.27. The second-order valence-electron chi connectivity index (χ2n) is 5.05. The normalized spacial score (nSPS) is 19.0. The molecule has 1 aromatic carbocycles. The third kappa shape index (κ3) is 4.29. The highest BCUT2D eigenvalue weighted by Gasteiger charge is 2.35. The van der Waals surface area contributed by atoms with E-state index >= 15 is 0 Å². The summed E-state index contributed by atoms with van der Waals surface area (Å²) in [6.45, 7) is -1.10. The number of rotatable bonds is 5. The molecule has 1 aromatic rings. The molecule has 1 aliphatic heterocycles. The number of carbonyl (C=O) groups excluding carboxylic acids is 1. The zero-order valence-corrected chi connectivity index (χ0v) is 13.3. The molecule has 1 fully saturated rings. The molecule has 23 heavy (non-hydrogen) atoms. The van der Waals surface area contributed by atoms with Crippen molar-refractivity contribution in [2.75, 3.05) is 19.7 Å². The van der Waals surface area contributed by atoms with Crippen molar-refractivity contribution in [2.24, 2.45) is 0 Å². The fourth-order valence-electron chi connectivity index (χ4n) is 2.25.